The fraction of sp³-hybridized carbons (Fsp3) is 0.409. The van der Waals surface area contributed by atoms with E-state index in [4.69, 9.17) is 14.2 Å². The molecule has 1 saturated heterocycles. The van der Waals surface area contributed by atoms with Crippen molar-refractivity contribution in [2.24, 2.45) is 0 Å². The summed E-state index contributed by atoms with van der Waals surface area (Å²) in [5, 5.41) is 0. The minimum absolute atomic E-state index is 0.227. The van der Waals surface area contributed by atoms with Crippen LogP contribution < -0.4 is 9.04 Å². The van der Waals surface area contributed by atoms with Gasteiger partial charge in [-0.2, -0.15) is 0 Å². The maximum Gasteiger partial charge on any atom is 0.337 e. The molecule has 8 nitrogen and oxygen atoms in total. The fourth-order valence-corrected chi connectivity index (χ4v) is 4.25. The number of carbonyl (C=O) groups excluding carboxylic acids is 1. The Hall–Kier alpha value is -2.62. The first-order chi connectivity index (χ1) is 14.9. The Balaban J connectivity index is 1.90. The average molecular weight is 449 g/mol. The topological polar surface area (TPSA) is 85.4 Å². The van der Waals surface area contributed by atoms with Gasteiger partial charge in [0.2, 0.25) is 10.0 Å². The molecule has 0 N–H and O–H groups in total. The first kappa shape index (κ1) is 23.1. The Kier molecular flexibility index (Phi) is 7.89. The predicted octanol–water partition coefficient (Wildman–Crippen LogP) is 2.15. The molecule has 2 aromatic rings. The highest BCUT2D eigenvalue weighted by atomic mass is 32.2. The Morgan fingerprint density at radius 2 is 1.84 bits per heavy atom. The van der Waals surface area contributed by atoms with Crippen molar-refractivity contribution in [3.05, 3.63) is 59.7 Å². The highest BCUT2D eigenvalue weighted by Crippen LogP contribution is 2.32. The van der Waals surface area contributed by atoms with Crippen molar-refractivity contribution in [2.45, 2.75) is 6.61 Å². The summed E-state index contributed by atoms with van der Waals surface area (Å²) in [6.45, 7) is 3.78. The molecule has 1 aliphatic heterocycles. The van der Waals surface area contributed by atoms with E-state index in [1.165, 1.54) is 17.5 Å². The standard InChI is InChI=1S/C22H28N2O6S/c1-28-22(25)19-8-9-21(30-17-18-6-4-3-5-7-18)20(16-19)24(31(2,26)27)11-10-23-12-14-29-15-13-23/h3-9,16H,10-15,17H2,1-2H3. The molecule has 0 saturated carbocycles. The van der Waals surface area contributed by atoms with Crippen molar-refractivity contribution >= 4 is 21.7 Å². The lowest BCUT2D eigenvalue weighted by Gasteiger charge is -2.30. The molecular formula is C22H28N2O6S. The molecule has 0 radical (unpaired) electrons. The van der Waals surface area contributed by atoms with Gasteiger partial charge < -0.3 is 14.2 Å². The summed E-state index contributed by atoms with van der Waals surface area (Å²) in [6, 6.07) is 14.3. The van der Waals surface area contributed by atoms with Crippen molar-refractivity contribution in [3.63, 3.8) is 0 Å². The molecule has 0 aromatic heterocycles. The van der Waals surface area contributed by atoms with Crippen molar-refractivity contribution in [2.75, 3.05) is 57.1 Å². The molecule has 0 atom stereocenters. The zero-order valence-electron chi connectivity index (χ0n) is 17.8. The smallest absolute Gasteiger partial charge is 0.337 e. The molecule has 0 bridgehead atoms. The second-order valence-electron chi connectivity index (χ2n) is 7.24. The van der Waals surface area contributed by atoms with Gasteiger partial charge in [0.25, 0.3) is 0 Å². The van der Waals surface area contributed by atoms with Crippen LogP contribution in [0, 0.1) is 0 Å². The lowest BCUT2D eigenvalue weighted by Crippen LogP contribution is -2.43. The van der Waals surface area contributed by atoms with E-state index in [0.29, 0.717) is 31.2 Å². The van der Waals surface area contributed by atoms with Crippen LogP contribution in [-0.2, 0) is 26.1 Å². The van der Waals surface area contributed by atoms with Crippen LogP contribution in [0.15, 0.2) is 48.5 Å². The van der Waals surface area contributed by atoms with E-state index in [1.807, 2.05) is 30.3 Å². The molecule has 1 heterocycles. The quantitative estimate of drug-likeness (QED) is 0.544. The summed E-state index contributed by atoms with van der Waals surface area (Å²) in [6.07, 6.45) is 1.15. The van der Waals surface area contributed by atoms with Crippen molar-refractivity contribution in [1.82, 2.24) is 4.90 Å². The number of methoxy groups -OCH3 is 1. The minimum Gasteiger partial charge on any atom is -0.487 e. The number of benzene rings is 2. The summed E-state index contributed by atoms with van der Waals surface area (Å²) in [4.78, 5) is 14.2. The SMILES string of the molecule is COC(=O)c1ccc(OCc2ccccc2)c(N(CCN2CCOCC2)S(C)(=O)=O)c1. The maximum atomic E-state index is 12.7. The van der Waals surface area contributed by atoms with Gasteiger partial charge >= 0.3 is 5.97 Å². The molecule has 0 unspecified atom stereocenters. The molecule has 0 aliphatic carbocycles. The summed E-state index contributed by atoms with van der Waals surface area (Å²) in [7, 11) is -2.34. The van der Waals surface area contributed by atoms with Gasteiger partial charge in [0.15, 0.2) is 0 Å². The van der Waals surface area contributed by atoms with Crippen LogP contribution in [-0.4, -0.2) is 72.0 Å². The largest absolute Gasteiger partial charge is 0.487 e. The van der Waals surface area contributed by atoms with Gasteiger partial charge in [-0.15, -0.1) is 0 Å². The average Bonchev–Trinajstić information content (AvgIpc) is 2.78. The van der Waals surface area contributed by atoms with E-state index in [2.05, 4.69) is 4.90 Å². The van der Waals surface area contributed by atoms with Crippen molar-refractivity contribution in [3.8, 4) is 5.75 Å². The Bertz CT molecular complexity index is 975. The van der Waals surface area contributed by atoms with E-state index in [0.717, 1.165) is 24.9 Å². The molecule has 168 valence electrons. The first-order valence-corrected chi connectivity index (χ1v) is 11.9. The zero-order chi connectivity index (χ0) is 22.3. The summed E-state index contributed by atoms with van der Waals surface area (Å²) < 4.78 is 42.8. The molecule has 0 amide bonds. The molecule has 31 heavy (non-hydrogen) atoms. The van der Waals surface area contributed by atoms with E-state index in [-0.39, 0.29) is 18.7 Å². The summed E-state index contributed by atoms with van der Waals surface area (Å²) >= 11 is 0. The number of sulfonamides is 1. The number of anilines is 1. The predicted molar refractivity (Wildman–Crippen MR) is 118 cm³/mol. The molecule has 1 aliphatic rings. The van der Waals surface area contributed by atoms with Crippen LogP contribution in [0.1, 0.15) is 15.9 Å². The van der Waals surface area contributed by atoms with Gasteiger partial charge in [0.05, 0.1) is 37.8 Å². The second kappa shape index (κ2) is 10.6. The van der Waals surface area contributed by atoms with Gasteiger partial charge in [0.1, 0.15) is 12.4 Å². The van der Waals surface area contributed by atoms with Gasteiger partial charge in [-0.25, -0.2) is 13.2 Å². The Labute approximate surface area is 183 Å². The van der Waals surface area contributed by atoms with Crippen LogP contribution in [0.5, 0.6) is 5.75 Å². The number of hydrogen-bond donors (Lipinski definition) is 0. The minimum atomic E-state index is -3.63. The van der Waals surface area contributed by atoms with Gasteiger partial charge in [-0.1, -0.05) is 30.3 Å². The van der Waals surface area contributed by atoms with Gasteiger partial charge in [-0.3, -0.25) is 9.21 Å². The third kappa shape index (κ3) is 6.43. The van der Waals surface area contributed by atoms with E-state index in [9.17, 15) is 13.2 Å². The third-order valence-corrected chi connectivity index (χ3v) is 6.19. The zero-order valence-corrected chi connectivity index (χ0v) is 18.6. The van der Waals surface area contributed by atoms with E-state index < -0.39 is 16.0 Å². The van der Waals surface area contributed by atoms with Gasteiger partial charge in [-0.05, 0) is 23.8 Å². The normalized spacial score (nSPS) is 14.8. The lowest BCUT2D eigenvalue weighted by atomic mass is 10.1. The van der Waals surface area contributed by atoms with E-state index in [1.54, 1.807) is 12.1 Å². The van der Waals surface area contributed by atoms with Crippen LogP contribution in [0.3, 0.4) is 0 Å². The number of esters is 1. The number of rotatable bonds is 9. The second-order valence-corrected chi connectivity index (χ2v) is 9.14. The number of morpholine rings is 1. The molecule has 0 spiro atoms. The molecule has 1 fully saturated rings. The maximum absolute atomic E-state index is 12.7. The lowest BCUT2D eigenvalue weighted by molar-refractivity contribution is 0.0395. The van der Waals surface area contributed by atoms with Crippen LogP contribution in [0.25, 0.3) is 0 Å². The highest BCUT2D eigenvalue weighted by molar-refractivity contribution is 7.92. The summed E-state index contributed by atoms with van der Waals surface area (Å²) in [5.41, 5.74) is 1.52. The Morgan fingerprint density at radius 3 is 2.48 bits per heavy atom. The van der Waals surface area contributed by atoms with Crippen LogP contribution in [0.2, 0.25) is 0 Å². The first-order valence-electron chi connectivity index (χ1n) is 10.1. The molecule has 3 rings (SSSR count). The number of ether oxygens (including phenoxy) is 3. The molecule has 9 heteroatoms. The number of hydrogen-bond acceptors (Lipinski definition) is 7. The van der Waals surface area contributed by atoms with Gasteiger partial charge in [0, 0.05) is 26.2 Å². The van der Waals surface area contributed by atoms with E-state index >= 15 is 0 Å². The molecule has 2 aromatic carbocycles. The van der Waals surface area contributed by atoms with Crippen LogP contribution in [0.4, 0.5) is 5.69 Å². The van der Waals surface area contributed by atoms with Crippen molar-refractivity contribution < 1.29 is 27.4 Å². The summed E-state index contributed by atoms with van der Waals surface area (Å²) in [5.74, 6) is -0.165. The highest BCUT2D eigenvalue weighted by Gasteiger charge is 2.24. The van der Waals surface area contributed by atoms with Crippen molar-refractivity contribution in [1.29, 1.82) is 0 Å². The fourth-order valence-electron chi connectivity index (χ4n) is 3.34. The number of nitrogens with zero attached hydrogens (tertiary/aromatic N) is 2. The monoisotopic (exact) mass is 448 g/mol. The molecular weight excluding hydrogens is 420 g/mol. The Morgan fingerprint density at radius 1 is 1.13 bits per heavy atom. The van der Waals surface area contributed by atoms with Crippen LogP contribution >= 0.6 is 0 Å². The number of carbonyl (C=O) groups is 1. The third-order valence-electron chi connectivity index (χ3n) is 5.01.